The normalized spacial score (nSPS) is 10.7. The molecule has 0 unspecified atom stereocenters. The Kier molecular flexibility index (Phi) is 9.01. The molecule has 0 heterocycles. The molecule has 0 bridgehead atoms. The maximum Gasteiger partial charge on any atom is 0.311 e. The molecule has 0 N–H and O–H groups in total. The second kappa shape index (κ2) is 10.7. The molecule has 0 aliphatic rings. The average Bonchev–Trinajstić information content (AvgIpc) is 2.62. The van der Waals surface area contributed by atoms with Crippen molar-refractivity contribution in [3.63, 3.8) is 0 Å². The first-order valence-electron chi connectivity index (χ1n) is 8.17. The summed E-state index contributed by atoms with van der Waals surface area (Å²) < 4.78 is 74.7. The molecule has 0 amide bonds. The van der Waals surface area contributed by atoms with E-state index in [1.54, 1.807) is 0 Å². The Morgan fingerprint density at radius 1 is 0.731 bits per heavy atom. The van der Waals surface area contributed by atoms with Gasteiger partial charge in [-0.3, -0.25) is 9.59 Å². The van der Waals surface area contributed by atoms with Crippen molar-refractivity contribution in [2.45, 2.75) is 51.9 Å². The fourth-order valence-corrected chi connectivity index (χ4v) is 2.00. The lowest BCUT2D eigenvalue weighted by molar-refractivity contribution is -0.144. The molecule has 0 fully saturated rings. The summed E-state index contributed by atoms with van der Waals surface area (Å²) in [4.78, 5) is 22.9. The van der Waals surface area contributed by atoms with Crippen LogP contribution in [0.4, 0.5) is 22.0 Å². The van der Waals surface area contributed by atoms with Crippen LogP contribution in [0.5, 0.6) is 5.75 Å². The van der Waals surface area contributed by atoms with Crippen LogP contribution in [-0.2, 0) is 14.3 Å². The maximum absolute atomic E-state index is 13.4. The largest absolute Gasteiger partial charge is 0.466 e. The summed E-state index contributed by atoms with van der Waals surface area (Å²) in [5.74, 6) is -14.7. The highest BCUT2D eigenvalue weighted by atomic mass is 19.2. The fourth-order valence-electron chi connectivity index (χ4n) is 2.00. The minimum Gasteiger partial charge on any atom is -0.466 e. The minimum absolute atomic E-state index is 0.0535. The van der Waals surface area contributed by atoms with E-state index in [4.69, 9.17) is 4.74 Å². The molecule has 1 rings (SSSR count). The zero-order chi connectivity index (χ0) is 19.7. The topological polar surface area (TPSA) is 52.6 Å². The van der Waals surface area contributed by atoms with Gasteiger partial charge in [0.05, 0.1) is 6.61 Å². The third-order valence-electron chi connectivity index (χ3n) is 3.41. The van der Waals surface area contributed by atoms with Gasteiger partial charge in [-0.25, -0.2) is 13.2 Å². The SMILES string of the molecule is CCCCCCOC(=O)CCCC(=O)Oc1c(F)c(F)c(F)c(F)c1F. The Morgan fingerprint density at radius 3 is 1.85 bits per heavy atom. The smallest absolute Gasteiger partial charge is 0.311 e. The third kappa shape index (κ3) is 6.27. The first kappa shape index (κ1) is 21.9. The zero-order valence-electron chi connectivity index (χ0n) is 14.2. The number of hydrogen-bond donors (Lipinski definition) is 0. The van der Waals surface area contributed by atoms with Crippen LogP contribution in [0.2, 0.25) is 0 Å². The monoisotopic (exact) mass is 382 g/mol. The summed E-state index contributed by atoms with van der Waals surface area (Å²) in [6.45, 7) is 2.30. The molecule has 4 nitrogen and oxygen atoms in total. The molecule has 146 valence electrons. The van der Waals surface area contributed by atoms with Gasteiger partial charge in [-0.1, -0.05) is 26.2 Å². The third-order valence-corrected chi connectivity index (χ3v) is 3.41. The summed E-state index contributed by atoms with van der Waals surface area (Å²) in [5, 5.41) is 0. The van der Waals surface area contributed by atoms with Crippen LogP contribution in [0, 0.1) is 29.1 Å². The van der Waals surface area contributed by atoms with Crippen molar-refractivity contribution < 1.29 is 41.0 Å². The van der Waals surface area contributed by atoms with Crippen LogP contribution >= 0.6 is 0 Å². The van der Waals surface area contributed by atoms with Crippen LogP contribution in [0.15, 0.2) is 0 Å². The summed E-state index contributed by atoms with van der Waals surface area (Å²) in [6.07, 6.45) is 3.08. The molecule has 0 aliphatic carbocycles. The molecule has 26 heavy (non-hydrogen) atoms. The van der Waals surface area contributed by atoms with Gasteiger partial charge in [-0.05, 0) is 12.8 Å². The number of benzene rings is 1. The van der Waals surface area contributed by atoms with Gasteiger partial charge in [-0.15, -0.1) is 0 Å². The number of halogens is 5. The lowest BCUT2D eigenvalue weighted by Gasteiger charge is -2.09. The summed E-state index contributed by atoms with van der Waals surface area (Å²) in [5.41, 5.74) is 0. The zero-order valence-corrected chi connectivity index (χ0v) is 14.2. The molecule has 0 atom stereocenters. The highest BCUT2D eigenvalue weighted by Crippen LogP contribution is 2.29. The van der Waals surface area contributed by atoms with Gasteiger partial charge in [0.25, 0.3) is 0 Å². The van der Waals surface area contributed by atoms with Gasteiger partial charge in [-0.2, -0.15) is 8.78 Å². The lowest BCUT2D eigenvalue weighted by Crippen LogP contribution is -2.14. The lowest BCUT2D eigenvalue weighted by atomic mass is 10.2. The molecular formula is C17H19F5O4. The Morgan fingerprint density at radius 2 is 1.27 bits per heavy atom. The van der Waals surface area contributed by atoms with E-state index < -0.39 is 53.2 Å². The van der Waals surface area contributed by atoms with E-state index >= 15 is 0 Å². The molecule has 0 aliphatic heterocycles. The van der Waals surface area contributed by atoms with Gasteiger partial charge >= 0.3 is 11.9 Å². The number of carbonyl (C=O) groups is 2. The van der Waals surface area contributed by atoms with Crippen molar-refractivity contribution >= 4 is 11.9 Å². The van der Waals surface area contributed by atoms with Crippen molar-refractivity contribution in [3.05, 3.63) is 29.1 Å². The molecule has 0 aromatic heterocycles. The second-order valence-electron chi connectivity index (χ2n) is 5.51. The van der Waals surface area contributed by atoms with Gasteiger partial charge in [0.1, 0.15) is 0 Å². The molecular weight excluding hydrogens is 363 g/mol. The van der Waals surface area contributed by atoms with Crippen molar-refractivity contribution in [2.24, 2.45) is 0 Å². The molecule has 0 spiro atoms. The van der Waals surface area contributed by atoms with Gasteiger partial charge in [0, 0.05) is 12.8 Å². The van der Waals surface area contributed by atoms with E-state index in [9.17, 15) is 31.5 Å². The molecule has 0 radical (unpaired) electrons. The van der Waals surface area contributed by atoms with Crippen molar-refractivity contribution in [1.82, 2.24) is 0 Å². The number of hydrogen-bond acceptors (Lipinski definition) is 4. The van der Waals surface area contributed by atoms with Gasteiger partial charge in [0.15, 0.2) is 0 Å². The number of rotatable bonds is 10. The van der Waals surface area contributed by atoms with Gasteiger partial charge in [0.2, 0.25) is 34.8 Å². The molecule has 1 aromatic carbocycles. The number of unbranched alkanes of at least 4 members (excludes halogenated alkanes) is 3. The quantitative estimate of drug-likeness (QED) is 0.148. The Balaban J connectivity index is 2.43. The highest BCUT2D eigenvalue weighted by Gasteiger charge is 2.28. The maximum atomic E-state index is 13.4. The summed E-state index contributed by atoms with van der Waals surface area (Å²) >= 11 is 0. The predicted molar refractivity (Wildman–Crippen MR) is 80.8 cm³/mol. The van der Waals surface area contributed by atoms with Crippen molar-refractivity contribution in [1.29, 1.82) is 0 Å². The first-order valence-corrected chi connectivity index (χ1v) is 8.17. The first-order chi connectivity index (χ1) is 12.3. The molecule has 9 heteroatoms. The molecule has 1 aromatic rings. The van der Waals surface area contributed by atoms with Crippen LogP contribution in [-0.4, -0.2) is 18.5 Å². The van der Waals surface area contributed by atoms with E-state index in [0.717, 1.165) is 25.7 Å². The van der Waals surface area contributed by atoms with E-state index in [-0.39, 0.29) is 19.4 Å². The van der Waals surface area contributed by atoms with Crippen molar-refractivity contribution in [2.75, 3.05) is 6.61 Å². The Bertz CT molecular complexity index is 620. The van der Waals surface area contributed by atoms with E-state index in [1.807, 2.05) is 6.92 Å². The Labute approximate surface area is 147 Å². The predicted octanol–water partition coefficient (Wildman–Crippen LogP) is 4.58. The number of carbonyl (C=O) groups excluding carboxylic acids is 2. The second-order valence-corrected chi connectivity index (χ2v) is 5.51. The van der Waals surface area contributed by atoms with E-state index in [0.29, 0.717) is 0 Å². The summed E-state index contributed by atoms with van der Waals surface area (Å²) in [7, 11) is 0. The van der Waals surface area contributed by atoms with E-state index in [2.05, 4.69) is 4.74 Å². The number of esters is 2. The van der Waals surface area contributed by atoms with Crippen LogP contribution in [0.3, 0.4) is 0 Å². The van der Waals surface area contributed by atoms with Crippen molar-refractivity contribution in [3.8, 4) is 5.75 Å². The molecule has 0 saturated carbocycles. The number of ether oxygens (including phenoxy) is 2. The minimum atomic E-state index is -2.35. The van der Waals surface area contributed by atoms with Gasteiger partial charge < -0.3 is 9.47 Å². The average molecular weight is 382 g/mol. The van der Waals surface area contributed by atoms with Crippen LogP contribution in [0.25, 0.3) is 0 Å². The Hall–Kier alpha value is -2.19. The highest BCUT2D eigenvalue weighted by molar-refractivity contribution is 5.74. The van der Waals surface area contributed by atoms with Crippen LogP contribution < -0.4 is 4.74 Å². The fraction of sp³-hybridized carbons (Fsp3) is 0.529. The van der Waals surface area contributed by atoms with Crippen LogP contribution in [0.1, 0.15) is 51.9 Å². The van der Waals surface area contributed by atoms with E-state index in [1.165, 1.54) is 0 Å². The summed E-state index contributed by atoms with van der Waals surface area (Å²) in [6, 6.07) is 0. The standard InChI is InChI=1S/C17H19F5O4/c1-2-3-4-5-9-25-10(23)7-6-8-11(24)26-17-15(21)13(19)12(18)14(20)16(17)22/h2-9H2,1H3. The molecule has 0 saturated heterocycles.